The van der Waals surface area contributed by atoms with Crippen LogP contribution in [0.1, 0.15) is 35.5 Å². The van der Waals surface area contributed by atoms with E-state index in [1.54, 1.807) is 15.8 Å². The molecule has 24 heavy (non-hydrogen) atoms. The molecule has 0 spiro atoms. The minimum absolute atomic E-state index is 0.0227. The van der Waals surface area contributed by atoms with Crippen LogP contribution in [0.3, 0.4) is 0 Å². The summed E-state index contributed by atoms with van der Waals surface area (Å²) >= 11 is 0. The summed E-state index contributed by atoms with van der Waals surface area (Å²) in [5, 5.41) is 12.1. The number of fused-ring (bicyclic) bond motifs is 1. The zero-order chi connectivity index (χ0) is 17.4. The normalized spacial score (nSPS) is 14.2. The van der Waals surface area contributed by atoms with Crippen molar-refractivity contribution >= 4 is 5.91 Å². The Morgan fingerprint density at radius 3 is 2.42 bits per heavy atom. The Bertz CT molecular complexity index is 824. The van der Waals surface area contributed by atoms with Crippen LogP contribution in [0.4, 0.5) is 0 Å². The van der Waals surface area contributed by atoms with E-state index in [2.05, 4.69) is 0 Å². The number of rotatable bonds is 3. The van der Waals surface area contributed by atoms with Crippen molar-refractivity contribution in [2.24, 2.45) is 0 Å². The molecule has 1 aliphatic heterocycles. The molecular formula is C18H21N3O3. The molecule has 1 aromatic carbocycles. The van der Waals surface area contributed by atoms with Crippen LogP contribution in [-0.2, 0) is 6.54 Å². The summed E-state index contributed by atoms with van der Waals surface area (Å²) in [5.74, 6) is -0.831. The molecule has 126 valence electrons. The Morgan fingerprint density at radius 2 is 1.79 bits per heavy atom. The van der Waals surface area contributed by atoms with Crippen LogP contribution in [0.25, 0.3) is 0 Å². The lowest BCUT2D eigenvalue weighted by atomic mass is 10.1. The molecule has 6 heteroatoms. The topological polar surface area (TPSA) is 65.8 Å². The van der Waals surface area contributed by atoms with E-state index in [1.807, 2.05) is 50.0 Å². The highest BCUT2D eigenvalue weighted by molar-refractivity contribution is 5.96. The summed E-state index contributed by atoms with van der Waals surface area (Å²) < 4.78 is 1.58. The number of benzene rings is 1. The van der Waals surface area contributed by atoms with Crippen molar-refractivity contribution < 1.29 is 9.90 Å². The van der Waals surface area contributed by atoms with Crippen LogP contribution in [0.15, 0.2) is 41.3 Å². The maximum absolute atomic E-state index is 12.7. The van der Waals surface area contributed by atoms with Gasteiger partial charge in [0.2, 0.25) is 5.43 Å². The number of nitrogens with zero attached hydrogens (tertiary/aromatic N) is 3. The Labute approximate surface area is 140 Å². The molecule has 1 aliphatic rings. The lowest BCUT2D eigenvalue weighted by molar-refractivity contribution is 0.0628. The minimum atomic E-state index is -0.546. The van der Waals surface area contributed by atoms with Crippen molar-refractivity contribution in [3.05, 3.63) is 63.6 Å². The van der Waals surface area contributed by atoms with Crippen LogP contribution in [-0.4, -0.2) is 33.3 Å². The van der Waals surface area contributed by atoms with Gasteiger partial charge < -0.3 is 10.0 Å². The van der Waals surface area contributed by atoms with E-state index in [0.717, 1.165) is 5.56 Å². The summed E-state index contributed by atoms with van der Waals surface area (Å²) in [7, 11) is 0. The van der Waals surface area contributed by atoms with E-state index in [0.29, 0.717) is 13.2 Å². The maximum atomic E-state index is 12.7. The van der Waals surface area contributed by atoms with Gasteiger partial charge in [0, 0.05) is 18.3 Å². The van der Waals surface area contributed by atoms with E-state index in [-0.39, 0.29) is 17.6 Å². The molecule has 3 rings (SSSR count). The highest BCUT2D eigenvalue weighted by Gasteiger charge is 2.33. The largest absolute Gasteiger partial charge is 0.502 e. The van der Waals surface area contributed by atoms with Crippen LogP contribution in [0.2, 0.25) is 0 Å². The number of aromatic hydroxyl groups is 1. The van der Waals surface area contributed by atoms with E-state index < -0.39 is 11.2 Å². The van der Waals surface area contributed by atoms with Crippen LogP contribution >= 0.6 is 0 Å². The van der Waals surface area contributed by atoms with Gasteiger partial charge in [-0.25, -0.2) is 0 Å². The second kappa shape index (κ2) is 6.03. The molecule has 0 radical (unpaired) electrons. The fourth-order valence-electron chi connectivity index (χ4n) is 2.82. The second-order valence-corrected chi connectivity index (χ2v) is 6.38. The van der Waals surface area contributed by atoms with Gasteiger partial charge in [-0.05, 0) is 26.3 Å². The predicted molar refractivity (Wildman–Crippen MR) is 91.6 cm³/mol. The van der Waals surface area contributed by atoms with Gasteiger partial charge >= 0.3 is 0 Å². The molecule has 2 aromatic rings. The van der Waals surface area contributed by atoms with E-state index in [9.17, 15) is 14.7 Å². The quantitative estimate of drug-likeness (QED) is 0.934. The highest BCUT2D eigenvalue weighted by Crippen LogP contribution is 2.22. The molecular weight excluding hydrogens is 306 g/mol. The van der Waals surface area contributed by atoms with Gasteiger partial charge in [-0.3, -0.25) is 19.3 Å². The monoisotopic (exact) mass is 327 g/mol. The third-order valence-corrected chi connectivity index (χ3v) is 4.25. The average Bonchev–Trinajstić information content (AvgIpc) is 2.54. The van der Waals surface area contributed by atoms with Crippen molar-refractivity contribution in [3.63, 3.8) is 0 Å². The Morgan fingerprint density at radius 1 is 1.12 bits per heavy atom. The molecule has 0 atom stereocenters. The van der Waals surface area contributed by atoms with Gasteiger partial charge in [0.15, 0.2) is 11.4 Å². The SMILES string of the molecule is Cc1ccc(CN2CN(C(C)C)C(=O)c3c(O)c(=O)ccn32)cc1. The Hall–Kier alpha value is -2.76. The fraction of sp³-hybridized carbons (Fsp3) is 0.333. The molecule has 0 fully saturated rings. The van der Waals surface area contributed by atoms with Gasteiger partial charge in [0.25, 0.3) is 5.91 Å². The lowest BCUT2D eigenvalue weighted by Crippen LogP contribution is -2.55. The molecule has 0 bridgehead atoms. The summed E-state index contributed by atoms with van der Waals surface area (Å²) in [5.41, 5.74) is 1.74. The number of amides is 1. The Kier molecular flexibility index (Phi) is 4.05. The highest BCUT2D eigenvalue weighted by atomic mass is 16.3. The molecule has 0 unspecified atom stereocenters. The zero-order valence-electron chi connectivity index (χ0n) is 14.1. The number of hydrogen-bond acceptors (Lipinski definition) is 4. The van der Waals surface area contributed by atoms with Crippen LogP contribution in [0.5, 0.6) is 5.75 Å². The third-order valence-electron chi connectivity index (χ3n) is 4.25. The first-order chi connectivity index (χ1) is 11.4. The standard InChI is InChI=1S/C18H21N3O3/c1-12(2)20-11-19(10-14-6-4-13(3)5-7-14)21-9-8-15(22)17(23)16(21)18(20)24/h4-9,12,23H,10-11H2,1-3H3. The molecule has 0 aliphatic carbocycles. The van der Waals surface area contributed by atoms with Crippen molar-refractivity contribution in [2.75, 3.05) is 11.7 Å². The first-order valence-electron chi connectivity index (χ1n) is 7.95. The number of carbonyl (C=O) groups is 1. The average molecular weight is 327 g/mol. The van der Waals surface area contributed by atoms with Gasteiger partial charge in [0.05, 0.1) is 6.54 Å². The summed E-state index contributed by atoms with van der Waals surface area (Å²) in [6.45, 7) is 6.80. The predicted octanol–water partition coefficient (Wildman–Crippen LogP) is 1.82. The molecule has 1 N–H and O–H groups in total. The van der Waals surface area contributed by atoms with Crippen molar-refractivity contribution in [1.82, 2.24) is 9.58 Å². The number of pyridine rings is 1. The number of hydrogen-bond donors (Lipinski definition) is 1. The smallest absolute Gasteiger partial charge is 0.278 e. The van der Waals surface area contributed by atoms with Crippen LogP contribution in [0, 0.1) is 6.92 Å². The summed E-state index contributed by atoms with van der Waals surface area (Å²) in [4.78, 5) is 26.1. The van der Waals surface area contributed by atoms with Crippen molar-refractivity contribution in [3.8, 4) is 5.75 Å². The second-order valence-electron chi connectivity index (χ2n) is 6.38. The summed E-state index contributed by atoms with van der Waals surface area (Å²) in [6, 6.07) is 9.38. The minimum Gasteiger partial charge on any atom is -0.502 e. The fourth-order valence-corrected chi connectivity index (χ4v) is 2.82. The Balaban J connectivity index is 2.05. The van der Waals surface area contributed by atoms with E-state index in [4.69, 9.17) is 0 Å². The zero-order valence-corrected chi connectivity index (χ0v) is 14.1. The maximum Gasteiger partial charge on any atom is 0.278 e. The molecule has 2 heterocycles. The molecule has 6 nitrogen and oxygen atoms in total. The van der Waals surface area contributed by atoms with E-state index >= 15 is 0 Å². The van der Waals surface area contributed by atoms with Crippen molar-refractivity contribution in [1.29, 1.82) is 0 Å². The number of carbonyl (C=O) groups excluding carboxylic acids is 1. The van der Waals surface area contributed by atoms with Gasteiger partial charge in [0.1, 0.15) is 6.67 Å². The summed E-state index contributed by atoms with van der Waals surface area (Å²) in [6.07, 6.45) is 1.54. The first-order valence-corrected chi connectivity index (χ1v) is 7.95. The number of aryl methyl sites for hydroxylation is 1. The van der Waals surface area contributed by atoms with Gasteiger partial charge in [-0.1, -0.05) is 29.8 Å². The van der Waals surface area contributed by atoms with E-state index in [1.165, 1.54) is 11.6 Å². The first kappa shape index (κ1) is 16.1. The number of aromatic nitrogens is 1. The third kappa shape index (κ3) is 2.75. The molecule has 1 amide bonds. The molecule has 1 aromatic heterocycles. The van der Waals surface area contributed by atoms with Crippen LogP contribution < -0.4 is 10.4 Å². The van der Waals surface area contributed by atoms with Crippen molar-refractivity contribution in [2.45, 2.75) is 33.4 Å². The lowest BCUT2D eigenvalue weighted by Gasteiger charge is -2.41. The molecule has 0 saturated carbocycles. The van der Waals surface area contributed by atoms with Gasteiger partial charge in [-0.2, -0.15) is 0 Å². The van der Waals surface area contributed by atoms with Gasteiger partial charge in [-0.15, -0.1) is 0 Å². The molecule has 0 saturated heterocycles.